The van der Waals surface area contributed by atoms with Crippen LogP contribution in [0, 0.1) is 17.3 Å². The molecule has 0 aromatic heterocycles. The number of carbonyl (C=O) groups is 1. The molecule has 0 aliphatic heterocycles. The van der Waals surface area contributed by atoms with Crippen LogP contribution >= 0.6 is 0 Å². The number of hydrogen-bond acceptors (Lipinski definition) is 2. The second-order valence-corrected chi connectivity index (χ2v) is 6.02. The Balaban J connectivity index is 2.57. The zero-order chi connectivity index (χ0) is 12.3. The first-order valence-corrected chi connectivity index (χ1v) is 6.59. The predicted molar refractivity (Wildman–Crippen MR) is 66.1 cm³/mol. The minimum absolute atomic E-state index is 0.0208. The summed E-state index contributed by atoms with van der Waals surface area (Å²) in [7, 11) is 0. The number of carbonyl (C=O) groups excluding carboxylic acids is 1. The van der Waals surface area contributed by atoms with Crippen molar-refractivity contribution in [1.82, 2.24) is 0 Å². The van der Waals surface area contributed by atoms with Crippen LogP contribution in [-0.2, 0) is 9.53 Å². The molecule has 94 valence electrons. The van der Waals surface area contributed by atoms with E-state index in [2.05, 4.69) is 13.8 Å². The lowest BCUT2D eigenvalue weighted by atomic mass is 9.89. The SMILES string of the molecule is CCC(C)(C)C(=O)OC1CCCC1C(C)C. The van der Waals surface area contributed by atoms with Gasteiger partial charge in [0.05, 0.1) is 5.41 Å². The molecule has 1 aliphatic rings. The van der Waals surface area contributed by atoms with Crippen molar-refractivity contribution in [3.8, 4) is 0 Å². The first-order chi connectivity index (χ1) is 7.38. The Morgan fingerprint density at radius 2 is 2.00 bits per heavy atom. The minimum atomic E-state index is -0.329. The topological polar surface area (TPSA) is 26.3 Å². The highest BCUT2D eigenvalue weighted by molar-refractivity contribution is 5.76. The van der Waals surface area contributed by atoms with Gasteiger partial charge in [-0.15, -0.1) is 0 Å². The molecule has 2 heteroatoms. The van der Waals surface area contributed by atoms with Gasteiger partial charge in [0.25, 0.3) is 0 Å². The molecule has 0 bridgehead atoms. The first kappa shape index (κ1) is 13.5. The van der Waals surface area contributed by atoms with Crippen LogP contribution in [-0.4, -0.2) is 12.1 Å². The fourth-order valence-electron chi connectivity index (χ4n) is 2.31. The van der Waals surface area contributed by atoms with Crippen molar-refractivity contribution in [2.75, 3.05) is 0 Å². The Kier molecular flexibility index (Phi) is 4.40. The van der Waals surface area contributed by atoms with Crippen molar-refractivity contribution >= 4 is 5.97 Å². The molecule has 0 aromatic carbocycles. The molecule has 2 nitrogen and oxygen atoms in total. The predicted octanol–water partition coefficient (Wildman–Crippen LogP) is 3.79. The summed E-state index contributed by atoms with van der Waals surface area (Å²) in [5.74, 6) is 1.16. The first-order valence-electron chi connectivity index (χ1n) is 6.59. The normalized spacial score (nSPS) is 26.1. The molecule has 0 radical (unpaired) electrons. The van der Waals surface area contributed by atoms with E-state index >= 15 is 0 Å². The van der Waals surface area contributed by atoms with Crippen LogP contribution in [0.1, 0.15) is 60.3 Å². The van der Waals surface area contributed by atoms with Gasteiger partial charge in [0.15, 0.2) is 0 Å². The van der Waals surface area contributed by atoms with Crippen molar-refractivity contribution in [2.24, 2.45) is 17.3 Å². The molecule has 1 saturated carbocycles. The highest BCUT2D eigenvalue weighted by Gasteiger charge is 2.36. The number of esters is 1. The van der Waals surface area contributed by atoms with Gasteiger partial charge in [0, 0.05) is 0 Å². The zero-order valence-electron chi connectivity index (χ0n) is 11.4. The standard InChI is InChI=1S/C14H26O2/c1-6-14(4,5)13(15)16-12-9-7-8-11(12)10(2)3/h10-12H,6-9H2,1-5H3. The molecule has 2 unspecified atom stereocenters. The molecule has 16 heavy (non-hydrogen) atoms. The van der Waals surface area contributed by atoms with Crippen LogP contribution in [0.2, 0.25) is 0 Å². The van der Waals surface area contributed by atoms with Crippen LogP contribution in [0.4, 0.5) is 0 Å². The molecular weight excluding hydrogens is 200 g/mol. The Labute approximate surface area is 99.8 Å². The van der Waals surface area contributed by atoms with Gasteiger partial charge in [-0.05, 0) is 51.4 Å². The van der Waals surface area contributed by atoms with Gasteiger partial charge < -0.3 is 4.74 Å². The highest BCUT2D eigenvalue weighted by Crippen LogP contribution is 2.35. The molecule has 0 heterocycles. The number of hydrogen-bond donors (Lipinski definition) is 0. The van der Waals surface area contributed by atoms with Gasteiger partial charge in [0.2, 0.25) is 0 Å². The minimum Gasteiger partial charge on any atom is -0.462 e. The summed E-state index contributed by atoms with van der Waals surface area (Å²) >= 11 is 0. The lowest BCUT2D eigenvalue weighted by Gasteiger charge is -2.28. The van der Waals surface area contributed by atoms with E-state index in [4.69, 9.17) is 4.74 Å². The van der Waals surface area contributed by atoms with Crippen LogP contribution in [0.5, 0.6) is 0 Å². The van der Waals surface area contributed by atoms with Gasteiger partial charge in [-0.2, -0.15) is 0 Å². The van der Waals surface area contributed by atoms with Crippen molar-refractivity contribution in [1.29, 1.82) is 0 Å². The highest BCUT2D eigenvalue weighted by atomic mass is 16.5. The van der Waals surface area contributed by atoms with E-state index in [1.165, 1.54) is 12.8 Å². The van der Waals surface area contributed by atoms with E-state index in [9.17, 15) is 4.79 Å². The second-order valence-electron chi connectivity index (χ2n) is 6.02. The van der Waals surface area contributed by atoms with Gasteiger partial charge in [-0.25, -0.2) is 0 Å². The van der Waals surface area contributed by atoms with E-state index in [0.29, 0.717) is 11.8 Å². The average molecular weight is 226 g/mol. The smallest absolute Gasteiger partial charge is 0.311 e. The maximum Gasteiger partial charge on any atom is 0.311 e. The van der Waals surface area contributed by atoms with Gasteiger partial charge >= 0.3 is 5.97 Å². The van der Waals surface area contributed by atoms with Gasteiger partial charge in [-0.1, -0.05) is 20.8 Å². The molecule has 1 fully saturated rings. The van der Waals surface area contributed by atoms with Crippen LogP contribution < -0.4 is 0 Å². The molecule has 0 aromatic rings. The summed E-state index contributed by atoms with van der Waals surface area (Å²) in [6.07, 6.45) is 4.47. The third-order valence-corrected chi connectivity index (χ3v) is 4.05. The number of rotatable bonds is 4. The Morgan fingerprint density at radius 3 is 2.50 bits per heavy atom. The van der Waals surface area contributed by atoms with E-state index in [0.717, 1.165) is 12.8 Å². The fourth-order valence-corrected chi connectivity index (χ4v) is 2.31. The van der Waals surface area contributed by atoms with Crippen molar-refractivity contribution < 1.29 is 9.53 Å². The molecule has 2 atom stereocenters. The molecule has 0 amide bonds. The average Bonchev–Trinajstić information content (AvgIpc) is 2.65. The lowest BCUT2D eigenvalue weighted by Crippen LogP contribution is -2.33. The summed E-state index contributed by atoms with van der Waals surface area (Å²) < 4.78 is 5.70. The quantitative estimate of drug-likeness (QED) is 0.682. The largest absolute Gasteiger partial charge is 0.462 e. The van der Waals surface area contributed by atoms with Crippen LogP contribution in [0.3, 0.4) is 0 Å². The summed E-state index contributed by atoms with van der Waals surface area (Å²) in [4.78, 5) is 12.0. The van der Waals surface area contributed by atoms with Crippen LogP contribution in [0.15, 0.2) is 0 Å². The molecular formula is C14H26O2. The molecule has 0 spiro atoms. The second kappa shape index (κ2) is 5.20. The van der Waals surface area contributed by atoms with Gasteiger partial charge in [0.1, 0.15) is 6.10 Å². The van der Waals surface area contributed by atoms with Crippen molar-refractivity contribution in [3.05, 3.63) is 0 Å². The van der Waals surface area contributed by atoms with E-state index in [1.54, 1.807) is 0 Å². The third-order valence-electron chi connectivity index (χ3n) is 4.05. The number of ether oxygens (including phenoxy) is 1. The summed E-state index contributed by atoms with van der Waals surface area (Å²) in [6, 6.07) is 0. The Hall–Kier alpha value is -0.530. The molecule has 1 rings (SSSR count). The van der Waals surface area contributed by atoms with E-state index in [-0.39, 0.29) is 17.5 Å². The van der Waals surface area contributed by atoms with Crippen molar-refractivity contribution in [3.63, 3.8) is 0 Å². The molecule has 1 aliphatic carbocycles. The zero-order valence-corrected chi connectivity index (χ0v) is 11.4. The monoisotopic (exact) mass is 226 g/mol. The summed E-state index contributed by atoms with van der Waals surface area (Å²) in [5.41, 5.74) is -0.329. The van der Waals surface area contributed by atoms with E-state index in [1.807, 2.05) is 20.8 Å². The maximum absolute atomic E-state index is 12.0. The Morgan fingerprint density at radius 1 is 1.38 bits per heavy atom. The molecule has 0 saturated heterocycles. The molecule has 0 N–H and O–H groups in total. The van der Waals surface area contributed by atoms with E-state index < -0.39 is 0 Å². The maximum atomic E-state index is 12.0. The van der Waals surface area contributed by atoms with Gasteiger partial charge in [-0.3, -0.25) is 4.79 Å². The summed E-state index contributed by atoms with van der Waals surface area (Å²) in [6.45, 7) is 10.4. The third kappa shape index (κ3) is 2.99. The summed E-state index contributed by atoms with van der Waals surface area (Å²) in [5, 5.41) is 0. The van der Waals surface area contributed by atoms with Crippen LogP contribution in [0.25, 0.3) is 0 Å². The lowest BCUT2D eigenvalue weighted by molar-refractivity contribution is -0.162. The Bertz CT molecular complexity index is 243. The van der Waals surface area contributed by atoms with Crippen molar-refractivity contribution in [2.45, 2.75) is 66.4 Å². The fraction of sp³-hybridized carbons (Fsp3) is 0.929.